The van der Waals surface area contributed by atoms with Gasteiger partial charge in [-0.2, -0.15) is 0 Å². The molecular formula is C20H35IN4O. The highest BCUT2D eigenvalue weighted by atomic mass is 127. The highest BCUT2D eigenvalue weighted by molar-refractivity contribution is 14.0. The third-order valence-electron chi connectivity index (χ3n) is 4.74. The van der Waals surface area contributed by atoms with Gasteiger partial charge in [0.1, 0.15) is 0 Å². The molecule has 1 aliphatic heterocycles. The maximum absolute atomic E-state index is 9.59. The van der Waals surface area contributed by atoms with E-state index in [1.54, 1.807) is 0 Å². The van der Waals surface area contributed by atoms with Crippen molar-refractivity contribution in [2.24, 2.45) is 4.99 Å². The van der Waals surface area contributed by atoms with E-state index in [2.05, 4.69) is 51.7 Å². The van der Waals surface area contributed by atoms with Crippen molar-refractivity contribution in [3.8, 4) is 0 Å². The Labute approximate surface area is 175 Å². The molecule has 1 fully saturated rings. The van der Waals surface area contributed by atoms with Crippen LogP contribution in [-0.4, -0.2) is 48.8 Å². The summed E-state index contributed by atoms with van der Waals surface area (Å²) in [6, 6.07) is 8.79. The quantitative estimate of drug-likeness (QED) is 0.235. The molecule has 26 heavy (non-hydrogen) atoms. The smallest absolute Gasteiger partial charge is 0.191 e. The number of rotatable bonds is 8. The lowest BCUT2D eigenvalue weighted by Gasteiger charge is -2.29. The topological polar surface area (TPSA) is 59.9 Å². The Kier molecular flexibility index (Phi) is 11.9. The monoisotopic (exact) mass is 474 g/mol. The molecule has 0 unspecified atom stereocenters. The Bertz CT molecular complexity index is 513. The van der Waals surface area contributed by atoms with Crippen LogP contribution in [0.3, 0.4) is 0 Å². The van der Waals surface area contributed by atoms with Gasteiger partial charge in [0.2, 0.25) is 0 Å². The minimum atomic E-state index is -0.102. The zero-order chi connectivity index (χ0) is 17.9. The zero-order valence-corrected chi connectivity index (χ0v) is 18.5. The van der Waals surface area contributed by atoms with Crippen molar-refractivity contribution in [1.29, 1.82) is 0 Å². The summed E-state index contributed by atoms with van der Waals surface area (Å²) in [6.07, 6.45) is 5.35. The van der Waals surface area contributed by atoms with Crippen molar-refractivity contribution in [2.75, 3.05) is 26.7 Å². The highest BCUT2D eigenvalue weighted by Crippen LogP contribution is 2.14. The number of hydrogen-bond acceptors (Lipinski definition) is 3. The summed E-state index contributed by atoms with van der Waals surface area (Å²) in [7, 11) is 1.81. The fraction of sp³-hybridized carbons (Fsp3) is 0.650. The first-order valence-corrected chi connectivity index (χ1v) is 9.64. The van der Waals surface area contributed by atoms with E-state index in [-0.39, 0.29) is 30.1 Å². The van der Waals surface area contributed by atoms with E-state index in [0.717, 1.165) is 51.5 Å². The predicted molar refractivity (Wildman–Crippen MR) is 120 cm³/mol. The second-order valence-corrected chi connectivity index (χ2v) is 6.88. The molecule has 0 amide bonds. The van der Waals surface area contributed by atoms with Crippen LogP contribution in [0, 0.1) is 0 Å². The maximum Gasteiger partial charge on any atom is 0.191 e. The van der Waals surface area contributed by atoms with E-state index in [1.807, 2.05) is 7.05 Å². The highest BCUT2D eigenvalue weighted by Gasteiger charge is 2.16. The number of halogens is 1. The molecule has 0 aliphatic carbocycles. The van der Waals surface area contributed by atoms with Crippen molar-refractivity contribution in [2.45, 2.75) is 58.2 Å². The molecule has 1 aliphatic rings. The second kappa shape index (κ2) is 13.3. The minimum Gasteiger partial charge on any atom is -0.393 e. The standard InChI is InChI=1S/C20H34N4O.HI/c1-3-4-5-12-22-20(21-2)23-15-17-6-8-18(9-7-17)16-24-13-10-19(25)11-14-24;/h6-9,19,25H,3-5,10-16H2,1-2H3,(H2,21,22,23);1H. The number of aliphatic hydroxyl groups is 1. The lowest BCUT2D eigenvalue weighted by Crippen LogP contribution is -2.37. The fourth-order valence-electron chi connectivity index (χ4n) is 3.09. The molecule has 0 bridgehead atoms. The third-order valence-corrected chi connectivity index (χ3v) is 4.74. The summed E-state index contributed by atoms with van der Waals surface area (Å²) in [5, 5.41) is 16.3. The lowest BCUT2D eigenvalue weighted by atomic mass is 10.1. The van der Waals surface area contributed by atoms with E-state index in [9.17, 15) is 5.11 Å². The molecule has 1 heterocycles. The summed E-state index contributed by atoms with van der Waals surface area (Å²) in [5.41, 5.74) is 2.59. The summed E-state index contributed by atoms with van der Waals surface area (Å²) >= 11 is 0. The van der Waals surface area contributed by atoms with Crippen molar-refractivity contribution < 1.29 is 5.11 Å². The Hall–Kier alpha value is -0.860. The van der Waals surface area contributed by atoms with E-state index in [0.29, 0.717) is 0 Å². The number of nitrogens with one attached hydrogen (secondary N) is 2. The van der Waals surface area contributed by atoms with Crippen LogP contribution in [0.5, 0.6) is 0 Å². The number of unbranched alkanes of at least 4 members (excludes halogenated alkanes) is 2. The number of nitrogens with zero attached hydrogens (tertiary/aromatic N) is 2. The van der Waals surface area contributed by atoms with Gasteiger partial charge in [-0.1, -0.05) is 44.0 Å². The number of hydrogen-bond donors (Lipinski definition) is 3. The van der Waals surface area contributed by atoms with Gasteiger partial charge in [-0.3, -0.25) is 9.89 Å². The molecule has 0 aromatic heterocycles. The van der Waals surface area contributed by atoms with Crippen LogP contribution >= 0.6 is 24.0 Å². The van der Waals surface area contributed by atoms with Gasteiger partial charge in [-0.05, 0) is 30.4 Å². The molecule has 6 heteroatoms. The van der Waals surface area contributed by atoms with Gasteiger partial charge in [-0.25, -0.2) is 0 Å². The molecule has 3 N–H and O–H groups in total. The summed E-state index contributed by atoms with van der Waals surface area (Å²) in [5.74, 6) is 0.868. The molecule has 1 aromatic carbocycles. The van der Waals surface area contributed by atoms with Crippen LogP contribution in [0.15, 0.2) is 29.3 Å². The van der Waals surface area contributed by atoms with Gasteiger partial charge < -0.3 is 15.7 Å². The van der Waals surface area contributed by atoms with Gasteiger partial charge >= 0.3 is 0 Å². The first-order chi connectivity index (χ1) is 12.2. The summed E-state index contributed by atoms with van der Waals surface area (Å²) in [4.78, 5) is 6.69. The maximum atomic E-state index is 9.59. The number of aliphatic hydroxyl groups excluding tert-OH is 1. The first kappa shape index (κ1) is 23.2. The Morgan fingerprint density at radius 1 is 1.12 bits per heavy atom. The van der Waals surface area contributed by atoms with Crippen molar-refractivity contribution >= 4 is 29.9 Å². The average Bonchev–Trinajstić information content (AvgIpc) is 2.64. The van der Waals surface area contributed by atoms with Gasteiger partial charge in [-0.15, -0.1) is 24.0 Å². The summed E-state index contributed by atoms with van der Waals surface area (Å²) in [6.45, 7) is 6.92. The van der Waals surface area contributed by atoms with Crippen LogP contribution in [0.4, 0.5) is 0 Å². The van der Waals surface area contributed by atoms with Gasteiger partial charge in [0.05, 0.1) is 6.10 Å². The van der Waals surface area contributed by atoms with Crippen molar-refractivity contribution in [1.82, 2.24) is 15.5 Å². The first-order valence-electron chi connectivity index (χ1n) is 9.64. The lowest BCUT2D eigenvalue weighted by molar-refractivity contribution is 0.0792. The molecule has 1 aromatic rings. The zero-order valence-electron chi connectivity index (χ0n) is 16.2. The molecule has 0 saturated carbocycles. The fourth-order valence-corrected chi connectivity index (χ4v) is 3.09. The third kappa shape index (κ3) is 8.68. The average molecular weight is 474 g/mol. The molecule has 1 saturated heterocycles. The van der Waals surface area contributed by atoms with Crippen LogP contribution in [0.25, 0.3) is 0 Å². The summed E-state index contributed by atoms with van der Waals surface area (Å²) < 4.78 is 0. The predicted octanol–water partition coefficient (Wildman–Crippen LogP) is 3.12. The van der Waals surface area contributed by atoms with Crippen LogP contribution < -0.4 is 10.6 Å². The van der Waals surface area contributed by atoms with Gasteiger partial charge in [0.25, 0.3) is 0 Å². The molecule has 148 valence electrons. The molecule has 0 atom stereocenters. The largest absolute Gasteiger partial charge is 0.393 e. The van der Waals surface area contributed by atoms with Crippen molar-refractivity contribution in [3.05, 3.63) is 35.4 Å². The van der Waals surface area contributed by atoms with Crippen LogP contribution in [0.2, 0.25) is 0 Å². The molecular weight excluding hydrogens is 439 g/mol. The van der Waals surface area contributed by atoms with E-state index in [4.69, 9.17) is 0 Å². The molecule has 0 spiro atoms. The Balaban J connectivity index is 0.00000338. The number of piperidine rings is 1. The number of benzene rings is 1. The minimum absolute atomic E-state index is 0. The van der Waals surface area contributed by atoms with Crippen molar-refractivity contribution in [3.63, 3.8) is 0 Å². The molecule has 5 nitrogen and oxygen atoms in total. The Morgan fingerprint density at radius 2 is 1.77 bits per heavy atom. The SMILES string of the molecule is CCCCCNC(=NC)NCc1ccc(CN2CCC(O)CC2)cc1.I. The van der Waals surface area contributed by atoms with E-state index < -0.39 is 0 Å². The van der Waals surface area contributed by atoms with Gasteiger partial charge in [0, 0.05) is 39.8 Å². The van der Waals surface area contributed by atoms with Gasteiger partial charge in [0.15, 0.2) is 5.96 Å². The number of guanidine groups is 1. The normalized spacial score (nSPS) is 16.2. The Morgan fingerprint density at radius 3 is 2.38 bits per heavy atom. The number of likely N-dealkylation sites (tertiary alicyclic amines) is 1. The number of aliphatic imine (C=N–C) groups is 1. The van der Waals surface area contributed by atoms with Crippen LogP contribution in [-0.2, 0) is 13.1 Å². The molecule has 0 radical (unpaired) electrons. The second-order valence-electron chi connectivity index (χ2n) is 6.88. The van der Waals surface area contributed by atoms with E-state index >= 15 is 0 Å². The van der Waals surface area contributed by atoms with E-state index in [1.165, 1.54) is 30.4 Å². The van der Waals surface area contributed by atoms with Crippen LogP contribution in [0.1, 0.15) is 50.2 Å². The molecule has 2 rings (SSSR count).